The standard InChI is InChI=1S/C18H17ClN4O2S/c1-12(24)22-14-7-6-13(19)10-16(14)21-11-18(25)23-15-4-2-3-5-17(15)26-9-8-20/h2-7,10,21H,9,11H2,1H3,(H,22,24)(H,23,25). The van der Waals surface area contributed by atoms with Gasteiger partial charge >= 0.3 is 0 Å². The number of nitrogens with zero attached hydrogens (tertiary/aromatic N) is 1. The normalized spacial score (nSPS) is 9.88. The number of nitrogens with one attached hydrogen (secondary N) is 3. The molecule has 3 N–H and O–H groups in total. The maximum Gasteiger partial charge on any atom is 0.243 e. The Morgan fingerprint density at radius 3 is 2.62 bits per heavy atom. The predicted octanol–water partition coefficient (Wildman–Crippen LogP) is 3.96. The minimum absolute atomic E-state index is 0.00974. The number of nitriles is 1. The van der Waals surface area contributed by atoms with E-state index in [0.29, 0.717) is 27.8 Å². The van der Waals surface area contributed by atoms with E-state index in [4.69, 9.17) is 16.9 Å². The highest BCUT2D eigenvalue weighted by atomic mass is 35.5. The van der Waals surface area contributed by atoms with Crippen molar-refractivity contribution in [3.63, 3.8) is 0 Å². The van der Waals surface area contributed by atoms with E-state index in [1.54, 1.807) is 24.3 Å². The number of hydrogen-bond donors (Lipinski definition) is 3. The van der Waals surface area contributed by atoms with E-state index in [1.165, 1.54) is 18.7 Å². The van der Waals surface area contributed by atoms with Crippen LogP contribution in [0.2, 0.25) is 5.02 Å². The molecule has 2 amide bonds. The molecule has 0 aliphatic carbocycles. The lowest BCUT2D eigenvalue weighted by atomic mass is 10.2. The molecular weight excluding hydrogens is 372 g/mol. The van der Waals surface area contributed by atoms with Gasteiger partial charge in [0.15, 0.2) is 0 Å². The highest BCUT2D eigenvalue weighted by Gasteiger charge is 2.09. The van der Waals surface area contributed by atoms with Crippen LogP contribution in [0, 0.1) is 11.3 Å². The van der Waals surface area contributed by atoms with E-state index in [9.17, 15) is 9.59 Å². The largest absolute Gasteiger partial charge is 0.374 e. The molecule has 134 valence electrons. The van der Waals surface area contributed by atoms with Gasteiger partial charge < -0.3 is 16.0 Å². The van der Waals surface area contributed by atoms with Crippen LogP contribution in [0.5, 0.6) is 0 Å². The third kappa shape index (κ3) is 5.99. The summed E-state index contributed by atoms with van der Waals surface area (Å²) in [6, 6.07) is 14.3. The Hall–Kier alpha value is -2.69. The van der Waals surface area contributed by atoms with Crippen LogP contribution in [-0.4, -0.2) is 24.1 Å². The average molecular weight is 389 g/mol. The van der Waals surface area contributed by atoms with Gasteiger partial charge in [0.2, 0.25) is 11.8 Å². The zero-order chi connectivity index (χ0) is 18.9. The van der Waals surface area contributed by atoms with Gasteiger partial charge in [-0.25, -0.2) is 0 Å². The van der Waals surface area contributed by atoms with Gasteiger partial charge in [0, 0.05) is 16.8 Å². The van der Waals surface area contributed by atoms with Crippen molar-refractivity contribution in [3.8, 4) is 6.07 Å². The molecule has 0 bridgehead atoms. The molecule has 0 aliphatic rings. The van der Waals surface area contributed by atoms with Gasteiger partial charge in [0.05, 0.1) is 35.4 Å². The van der Waals surface area contributed by atoms with Crippen molar-refractivity contribution < 1.29 is 9.59 Å². The SMILES string of the molecule is CC(=O)Nc1ccc(Cl)cc1NCC(=O)Nc1ccccc1SCC#N. The summed E-state index contributed by atoms with van der Waals surface area (Å²) in [5.74, 6) is -0.180. The van der Waals surface area contributed by atoms with E-state index >= 15 is 0 Å². The first-order valence-corrected chi connectivity index (χ1v) is 9.05. The second-order valence-electron chi connectivity index (χ2n) is 5.22. The van der Waals surface area contributed by atoms with Crippen molar-refractivity contribution in [2.75, 3.05) is 28.2 Å². The summed E-state index contributed by atoms with van der Waals surface area (Å²) >= 11 is 7.34. The van der Waals surface area contributed by atoms with Crippen molar-refractivity contribution >= 4 is 52.2 Å². The summed E-state index contributed by atoms with van der Waals surface area (Å²) in [4.78, 5) is 24.4. The number of thioether (sulfide) groups is 1. The number of amides is 2. The number of carbonyl (C=O) groups is 2. The van der Waals surface area contributed by atoms with E-state index in [0.717, 1.165) is 4.90 Å². The van der Waals surface area contributed by atoms with Crippen molar-refractivity contribution in [2.45, 2.75) is 11.8 Å². The number of carbonyl (C=O) groups excluding carboxylic acids is 2. The number of benzene rings is 2. The number of halogens is 1. The van der Waals surface area contributed by atoms with Crippen LogP contribution in [0.25, 0.3) is 0 Å². The lowest BCUT2D eigenvalue weighted by molar-refractivity contribution is -0.115. The fourth-order valence-electron chi connectivity index (χ4n) is 2.14. The van der Waals surface area contributed by atoms with Crippen molar-refractivity contribution in [1.82, 2.24) is 0 Å². The molecule has 0 aromatic heterocycles. The molecule has 0 unspecified atom stereocenters. The fraction of sp³-hybridized carbons (Fsp3) is 0.167. The van der Waals surface area contributed by atoms with E-state index < -0.39 is 0 Å². The molecule has 8 heteroatoms. The van der Waals surface area contributed by atoms with Gasteiger partial charge in [0.25, 0.3) is 0 Å². The first kappa shape index (κ1) is 19.6. The van der Waals surface area contributed by atoms with Crippen molar-refractivity contribution in [2.24, 2.45) is 0 Å². The molecule has 0 saturated heterocycles. The molecule has 2 aromatic rings. The highest BCUT2D eigenvalue weighted by molar-refractivity contribution is 7.99. The number of rotatable bonds is 7. The van der Waals surface area contributed by atoms with Crippen molar-refractivity contribution in [3.05, 3.63) is 47.5 Å². The fourth-order valence-corrected chi connectivity index (χ4v) is 2.98. The molecule has 6 nitrogen and oxygen atoms in total. The Balaban J connectivity index is 2.03. The Morgan fingerprint density at radius 1 is 1.12 bits per heavy atom. The number of para-hydroxylation sites is 1. The summed E-state index contributed by atoms with van der Waals surface area (Å²) in [5, 5.41) is 17.7. The third-order valence-electron chi connectivity index (χ3n) is 3.19. The molecule has 0 heterocycles. The van der Waals surface area contributed by atoms with Gasteiger partial charge in [-0.05, 0) is 30.3 Å². The van der Waals surface area contributed by atoms with Gasteiger partial charge in [0.1, 0.15) is 0 Å². The lowest BCUT2D eigenvalue weighted by Gasteiger charge is -2.14. The smallest absolute Gasteiger partial charge is 0.243 e. The van der Waals surface area contributed by atoms with Gasteiger partial charge in [-0.3, -0.25) is 9.59 Å². The summed E-state index contributed by atoms with van der Waals surface area (Å²) in [6.07, 6.45) is 0. The number of anilines is 3. The summed E-state index contributed by atoms with van der Waals surface area (Å²) in [7, 11) is 0. The summed E-state index contributed by atoms with van der Waals surface area (Å²) in [6.45, 7) is 1.39. The first-order valence-electron chi connectivity index (χ1n) is 7.69. The topological polar surface area (TPSA) is 94.0 Å². The van der Waals surface area contributed by atoms with Crippen LogP contribution in [0.15, 0.2) is 47.4 Å². The summed E-state index contributed by atoms with van der Waals surface area (Å²) in [5.41, 5.74) is 1.74. The molecule has 0 atom stereocenters. The molecular formula is C18H17ClN4O2S. The van der Waals surface area contributed by atoms with Crippen LogP contribution in [-0.2, 0) is 9.59 Å². The van der Waals surface area contributed by atoms with Crippen LogP contribution in [0.1, 0.15) is 6.92 Å². The highest BCUT2D eigenvalue weighted by Crippen LogP contribution is 2.27. The van der Waals surface area contributed by atoms with Crippen LogP contribution in [0.4, 0.5) is 17.1 Å². The molecule has 26 heavy (non-hydrogen) atoms. The molecule has 0 spiro atoms. The molecule has 2 aromatic carbocycles. The summed E-state index contributed by atoms with van der Waals surface area (Å²) < 4.78 is 0. The zero-order valence-corrected chi connectivity index (χ0v) is 15.6. The van der Waals surface area contributed by atoms with Gasteiger partial charge in [-0.2, -0.15) is 5.26 Å². The molecule has 0 saturated carbocycles. The lowest BCUT2D eigenvalue weighted by Crippen LogP contribution is -2.22. The van der Waals surface area contributed by atoms with E-state index in [1.807, 2.05) is 18.2 Å². The Bertz CT molecular complexity index is 851. The minimum Gasteiger partial charge on any atom is -0.374 e. The van der Waals surface area contributed by atoms with E-state index in [-0.39, 0.29) is 18.4 Å². The maximum absolute atomic E-state index is 12.3. The Labute approximate surface area is 160 Å². The van der Waals surface area contributed by atoms with Gasteiger partial charge in [-0.1, -0.05) is 23.7 Å². The third-order valence-corrected chi connectivity index (χ3v) is 4.36. The Morgan fingerprint density at radius 2 is 1.88 bits per heavy atom. The van der Waals surface area contributed by atoms with Crippen LogP contribution < -0.4 is 16.0 Å². The monoisotopic (exact) mass is 388 g/mol. The van der Waals surface area contributed by atoms with Crippen molar-refractivity contribution in [1.29, 1.82) is 5.26 Å². The van der Waals surface area contributed by atoms with Crippen LogP contribution in [0.3, 0.4) is 0 Å². The van der Waals surface area contributed by atoms with E-state index in [2.05, 4.69) is 22.0 Å². The minimum atomic E-state index is -0.260. The molecule has 0 radical (unpaired) electrons. The number of hydrogen-bond acceptors (Lipinski definition) is 5. The average Bonchev–Trinajstić information content (AvgIpc) is 2.61. The second-order valence-corrected chi connectivity index (χ2v) is 6.67. The Kier molecular flexibility index (Phi) is 7.33. The maximum atomic E-state index is 12.3. The van der Waals surface area contributed by atoms with Crippen LogP contribution >= 0.6 is 23.4 Å². The molecule has 0 aliphatic heterocycles. The zero-order valence-electron chi connectivity index (χ0n) is 14.0. The first-order chi connectivity index (χ1) is 12.5. The second kappa shape index (κ2) is 9.70. The van der Waals surface area contributed by atoms with Gasteiger partial charge in [-0.15, -0.1) is 11.8 Å². The molecule has 2 rings (SSSR count). The quantitative estimate of drug-likeness (QED) is 0.624. The molecule has 0 fully saturated rings. The predicted molar refractivity (Wildman–Crippen MR) is 106 cm³/mol.